The molecule has 0 radical (unpaired) electrons. The summed E-state index contributed by atoms with van der Waals surface area (Å²) < 4.78 is 0.919. The molecule has 1 unspecified atom stereocenters. The predicted molar refractivity (Wildman–Crippen MR) is 107 cm³/mol. The van der Waals surface area contributed by atoms with E-state index in [1.54, 1.807) is 24.8 Å². The smallest absolute Gasteiger partial charge is 0.257 e. The average Bonchev–Trinajstić information content (AvgIpc) is 2.62. The van der Waals surface area contributed by atoms with Crippen LogP contribution in [-0.4, -0.2) is 15.9 Å². The first-order valence-corrected chi connectivity index (χ1v) is 9.00. The van der Waals surface area contributed by atoms with Gasteiger partial charge in [-0.25, -0.2) is 0 Å². The summed E-state index contributed by atoms with van der Waals surface area (Å²) in [5, 5.41) is 6.33. The molecule has 1 amide bonds. The molecule has 0 aliphatic heterocycles. The fourth-order valence-corrected chi connectivity index (χ4v) is 2.96. The topological polar surface area (TPSA) is 66.9 Å². The largest absolute Gasteiger partial charge is 0.377 e. The van der Waals surface area contributed by atoms with Gasteiger partial charge in [0.1, 0.15) is 0 Å². The summed E-state index contributed by atoms with van der Waals surface area (Å²) in [4.78, 5) is 20.6. The number of aromatic nitrogens is 2. The molecule has 3 rings (SSSR count). The maximum absolute atomic E-state index is 12.4. The van der Waals surface area contributed by atoms with Gasteiger partial charge in [0.2, 0.25) is 0 Å². The minimum atomic E-state index is -0.171. The van der Waals surface area contributed by atoms with Crippen molar-refractivity contribution in [1.29, 1.82) is 0 Å². The number of hydrogen-bond acceptors (Lipinski definition) is 4. The lowest BCUT2D eigenvalue weighted by atomic mass is 10.1. The molecule has 1 atom stereocenters. The number of halogens is 1. The van der Waals surface area contributed by atoms with Crippen LogP contribution in [-0.2, 0) is 0 Å². The molecule has 0 saturated heterocycles. The zero-order valence-electron chi connectivity index (χ0n) is 14.5. The predicted octanol–water partition coefficient (Wildman–Crippen LogP) is 4.97. The van der Waals surface area contributed by atoms with Crippen molar-refractivity contribution in [3.05, 3.63) is 82.3 Å². The molecule has 0 aliphatic rings. The van der Waals surface area contributed by atoms with Gasteiger partial charge in [-0.1, -0.05) is 12.1 Å². The van der Waals surface area contributed by atoms with Gasteiger partial charge in [0.15, 0.2) is 0 Å². The van der Waals surface area contributed by atoms with E-state index in [9.17, 15) is 4.79 Å². The van der Waals surface area contributed by atoms with E-state index in [-0.39, 0.29) is 11.9 Å². The SMILES string of the molecule is Cc1cncc(C(=O)Nc2cccc(C(C)Nc3cncc(Br)c3)c2)c1. The monoisotopic (exact) mass is 410 g/mol. The molecule has 1 aromatic carbocycles. The summed E-state index contributed by atoms with van der Waals surface area (Å²) in [6.07, 6.45) is 6.81. The zero-order valence-corrected chi connectivity index (χ0v) is 16.1. The second-order valence-corrected chi connectivity index (χ2v) is 7.00. The maximum atomic E-state index is 12.4. The van der Waals surface area contributed by atoms with Crippen LogP contribution >= 0.6 is 15.9 Å². The van der Waals surface area contributed by atoms with Crippen LogP contribution in [0, 0.1) is 6.92 Å². The second kappa shape index (κ2) is 8.10. The molecule has 2 N–H and O–H groups in total. The van der Waals surface area contributed by atoms with Gasteiger partial charge in [-0.2, -0.15) is 0 Å². The highest BCUT2D eigenvalue weighted by Crippen LogP contribution is 2.23. The first-order valence-electron chi connectivity index (χ1n) is 8.21. The van der Waals surface area contributed by atoms with E-state index < -0.39 is 0 Å². The molecule has 0 bridgehead atoms. The highest BCUT2D eigenvalue weighted by Gasteiger charge is 2.10. The molecule has 26 heavy (non-hydrogen) atoms. The van der Waals surface area contributed by atoms with E-state index >= 15 is 0 Å². The minimum Gasteiger partial charge on any atom is -0.377 e. The normalized spacial score (nSPS) is 11.7. The molecular formula is C20H19BrN4O. The van der Waals surface area contributed by atoms with Crippen LogP contribution in [0.1, 0.15) is 34.5 Å². The zero-order chi connectivity index (χ0) is 18.5. The summed E-state index contributed by atoms with van der Waals surface area (Å²) in [6.45, 7) is 3.97. The summed E-state index contributed by atoms with van der Waals surface area (Å²) in [5.74, 6) is -0.171. The molecule has 0 aliphatic carbocycles. The van der Waals surface area contributed by atoms with E-state index in [1.807, 2.05) is 43.3 Å². The van der Waals surface area contributed by atoms with Crippen LogP contribution in [0.3, 0.4) is 0 Å². The van der Waals surface area contributed by atoms with E-state index in [0.717, 1.165) is 27.0 Å². The van der Waals surface area contributed by atoms with Gasteiger partial charge in [0.25, 0.3) is 5.91 Å². The van der Waals surface area contributed by atoms with Crippen LogP contribution in [0.25, 0.3) is 0 Å². The third kappa shape index (κ3) is 4.67. The number of nitrogens with one attached hydrogen (secondary N) is 2. The number of aryl methyl sites for hydroxylation is 1. The Balaban J connectivity index is 1.72. The quantitative estimate of drug-likeness (QED) is 0.622. The van der Waals surface area contributed by atoms with E-state index in [1.165, 1.54) is 0 Å². The fraction of sp³-hybridized carbons (Fsp3) is 0.150. The van der Waals surface area contributed by atoms with Crippen molar-refractivity contribution in [1.82, 2.24) is 9.97 Å². The van der Waals surface area contributed by atoms with Crippen LogP contribution in [0.4, 0.5) is 11.4 Å². The third-order valence-corrected chi connectivity index (χ3v) is 4.30. The van der Waals surface area contributed by atoms with E-state index in [2.05, 4.69) is 43.5 Å². The van der Waals surface area contributed by atoms with Crippen molar-refractivity contribution in [2.75, 3.05) is 10.6 Å². The number of rotatable bonds is 5. The van der Waals surface area contributed by atoms with Crippen LogP contribution in [0.15, 0.2) is 65.7 Å². The molecule has 0 saturated carbocycles. The average molecular weight is 411 g/mol. The number of hydrogen-bond donors (Lipinski definition) is 2. The Kier molecular flexibility index (Phi) is 5.63. The number of pyridine rings is 2. The summed E-state index contributed by atoms with van der Waals surface area (Å²) in [5.41, 5.74) is 4.22. The maximum Gasteiger partial charge on any atom is 0.257 e. The number of carbonyl (C=O) groups excluding carboxylic acids is 1. The molecule has 2 heterocycles. The van der Waals surface area contributed by atoms with E-state index in [0.29, 0.717) is 5.56 Å². The van der Waals surface area contributed by atoms with Crippen molar-refractivity contribution in [2.45, 2.75) is 19.9 Å². The number of amides is 1. The van der Waals surface area contributed by atoms with Crippen molar-refractivity contribution in [2.24, 2.45) is 0 Å². The third-order valence-electron chi connectivity index (χ3n) is 3.87. The second-order valence-electron chi connectivity index (χ2n) is 6.09. The van der Waals surface area contributed by atoms with E-state index in [4.69, 9.17) is 0 Å². The van der Waals surface area contributed by atoms with Gasteiger partial charge in [-0.05, 0) is 65.2 Å². The minimum absolute atomic E-state index is 0.0589. The molecular weight excluding hydrogens is 392 g/mol. The highest BCUT2D eigenvalue weighted by molar-refractivity contribution is 9.10. The van der Waals surface area contributed by atoms with Crippen molar-refractivity contribution >= 4 is 33.2 Å². The highest BCUT2D eigenvalue weighted by atomic mass is 79.9. The van der Waals surface area contributed by atoms with Crippen LogP contribution < -0.4 is 10.6 Å². The van der Waals surface area contributed by atoms with Gasteiger partial charge in [-0.3, -0.25) is 14.8 Å². The van der Waals surface area contributed by atoms with Crippen molar-refractivity contribution < 1.29 is 4.79 Å². The molecule has 2 aromatic heterocycles. The van der Waals surface area contributed by atoms with Gasteiger partial charge in [0, 0.05) is 34.8 Å². The number of benzene rings is 1. The van der Waals surface area contributed by atoms with Crippen LogP contribution in [0.2, 0.25) is 0 Å². The van der Waals surface area contributed by atoms with Crippen LogP contribution in [0.5, 0.6) is 0 Å². The first-order chi connectivity index (χ1) is 12.5. The summed E-state index contributed by atoms with van der Waals surface area (Å²) in [6, 6.07) is 11.6. The number of nitrogens with zero attached hydrogens (tertiary/aromatic N) is 2. The molecule has 5 nitrogen and oxygen atoms in total. The lowest BCUT2D eigenvalue weighted by molar-refractivity contribution is 0.102. The Morgan fingerprint density at radius 2 is 1.85 bits per heavy atom. The Morgan fingerprint density at radius 3 is 2.62 bits per heavy atom. The van der Waals surface area contributed by atoms with Crippen molar-refractivity contribution in [3.63, 3.8) is 0 Å². The standard InChI is InChI=1S/C20H19BrN4O/c1-13-6-16(10-22-9-13)20(26)25-18-5-3-4-15(7-18)14(2)24-19-8-17(21)11-23-12-19/h3-12,14,24H,1-2H3,(H,25,26). The fourth-order valence-electron chi connectivity index (χ4n) is 2.59. The molecule has 0 spiro atoms. The first kappa shape index (κ1) is 18.1. The Morgan fingerprint density at radius 1 is 1.04 bits per heavy atom. The van der Waals surface area contributed by atoms with Gasteiger partial charge in [0.05, 0.1) is 17.4 Å². The Bertz CT molecular complexity index is 929. The molecule has 3 aromatic rings. The Hall–Kier alpha value is -2.73. The molecule has 132 valence electrons. The summed E-state index contributed by atoms with van der Waals surface area (Å²) >= 11 is 3.42. The number of anilines is 2. The molecule has 0 fully saturated rings. The van der Waals surface area contributed by atoms with Gasteiger partial charge in [-0.15, -0.1) is 0 Å². The summed E-state index contributed by atoms with van der Waals surface area (Å²) in [7, 11) is 0. The lowest BCUT2D eigenvalue weighted by Crippen LogP contribution is -2.13. The number of carbonyl (C=O) groups is 1. The van der Waals surface area contributed by atoms with Gasteiger partial charge >= 0.3 is 0 Å². The van der Waals surface area contributed by atoms with Gasteiger partial charge < -0.3 is 10.6 Å². The lowest BCUT2D eigenvalue weighted by Gasteiger charge is -2.17. The van der Waals surface area contributed by atoms with Crippen molar-refractivity contribution in [3.8, 4) is 0 Å². The molecule has 6 heteroatoms. The Labute approximate surface area is 161 Å².